The number of ether oxygens (including phenoxy) is 3. The minimum Gasteiger partial charge on any atom is -0.410 e. The van der Waals surface area contributed by atoms with Crippen molar-refractivity contribution in [2.45, 2.75) is 13.1 Å². The predicted molar refractivity (Wildman–Crippen MR) is 117 cm³/mol. The fourth-order valence-corrected chi connectivity index (χ4v) is 3.00. The smallest absolute Gasteiger partial charge is 0.410 e. The van der Waals surface area contributed by atoms with Gasteiger partial charge in [-0.25, -0.2) is 18.8 Å². The van der Waals surface area contributed by atoms with Gasteiger partial charge >= 0.3 is 18.2 Å². The molecule has 0 saturated heterocycles. The quantitative estimate of drug-likeness (QED) is 0.615. The maximum atomic E-state index is 14.9. The van der Waals surface area contributed by atoms with Gasteiger partial charge < -0.3 is 29.7 Å². The molecule has 176 valence electrons. The average Bonchev–Trinajstić information content (AvgIpc) is 2.77. The monoisotopic (exact) mass is 460 g/mol. The molecule has 0 aromatic heterocycles. The predicted octanol–water partition coefficient (Wildman–Crippen LogP) is 3.17. The Labute approximate surface area is 190 Å². The molecule has 4 amide bonds. The molecule has 0 saturated carbocycles. The number of fused-ring (bicyclic) bond motifs is 1. The Morgan fingerprint density at radius 2 is 2.03 bits per heavy atom. The molecule has 2 aromatic rings. The van der Waals surface area contributed by atoms with Crippen LogP contribution >= 0.6 is 0 Å². The van der Waals surface area contributed by atoms with E-state index < -0.39 is 24.0 Å². The summed E-state index contributed by atoms with van der Waals surface area (Å²) in [6, 6.07) is 8.68. The largest absolute Gasteiger partial charge is 0.415 e. The first kappa shape index (κ1) is 23.8. The van der Waals surface area contributed by atoms with Gasteiger partial charge in [0.15, 0.2) is 5.82 Å². The number of amides is 4. The minimum atomic E-state index is -0.673. The lowest BCUT2D eigenvalue weighted by Gasteiger charge is -2.28. The van der Waals surface area contributed by atoms with E-state index >= 15 is 0 Å². The molecule has 1 heterocycles. The van der Waals surface area contributed by atoms with E-state index in [-0.39, 0.29) is 42.4 Å². The Bertz CT molecular complexity index is 1050. The maximum Gasteiger partial charge on any atom is 0.415 e. The second-order valence-corrected chi connectivity index (χ2v) is 7.41. The first-order chi connectivity index (χ1) is 15.8. The Morgan fingerprint density at radius 3 is 2.76 bits per heavy atom. The number of carbonyl (C=O) groups is 3. The van der Waals surface area contributed by atoms with Gasteiger partial charge in [0, 0.05) is 44.9 Å². The zero-order valence-electron chi connectivity index (χ0n) is 18.5. The highest BCUT2D eigenvalue weighted by Gasteiger charge is 2.27. The minimum absolute atomic E-state index is 0.0134. The lowest BCUT2D eigenvalue weighted by atomic mass is 10.1. The summed E-state index contributed by atoms with van der Waals surface area (Å²) in [7, 11) is 4.61. The van der Waals surface area contributed by atoms with Crippen LogP contribution in [0.1, 0.15) is 11.1 Å². The van der Waals surface area contributed by atoms with Gasteiger partial charge in [0.2, 0.25) is 0 Å². The van der Waals surface area contributed by atoms with Crippen LogP contribution < -0.4 is 20.1 Å². The second kappa shape index (κ2) is 10.6. The van der Waals surface area contributed by atoms with Gasteiger partial charge in [0.1, 0.15) is 11.5 Å². The van der Waals surface area contributed by atoms with Crippen molar-refractivity contribution in [3.63, 3.8) is 0 Å². The van der Waals surface area contributed by atoms with Crippen LogP contribution in [0.25, 0.3) is 0 Å². The number of benzene rings is 2. The number of methoxy groups -OCH3 is 1. The Morgan fingerprint density at radius 1 is 1.24 bits per heavy atom. The molecule has 0 unspecified atom stereocenters. The molecular formula is C22H25FN4O6. The molecule has 11 heteroatoms. The highest BCUT2D eigenvalue weighted by molar-refractivity contribution is 5.89. The van der Waals surface area contributed by atoms with E-state index in [4.69, 9.17) is 14.2 Å². The molecular weight excluding hydrogens is 435 g/mol. The van der Waals surface area contributed by atoms with Crippen molar-refractivity contribution in [2.75, 3.05) is 39.7 Å². The first-order valence-corrected chi connectivity index (χ1v) is 10.1. The van der Waals surface area contributed by atoms with Crippen LogP contribution in [0.3, 0.4) is 0 Å². The topological polar surface area (TPSA) is 109 Å². The number of hydrogen-bond donors (Lipinski definition) is 2. The maximum absolute atomic E-state index is 14.9. The number of carbonyl (C=O) groups excluding carboxylic acids is 3. The average molecular weight is 460 g/mol. The number of nitrogens with one attached hydrogen (secondary N) is 2. The lowest BCUT2D eigenvalue weighted by Crippen LogP contribution is -2.37. The molecule has 3 rings (SSSR count). The first-order valence-electron chi connectivity index (χ1n) is 10.1. The van der Waals surface area contributed by atoms with Crippen molar-refractivity contribution in [3.05, 3.63) is 53.3 Å². The van der Waals surface area contributed by atoms with Gasteiger partial charge in [0.25, 0.3) is 0 Å². The summed E-state index contributed by atoms with van der Waals surface area (Å²) < 4.78 is 30.3. The SMILES string of the molecule is COCCNC(=O)Nc1cccc(CN2Cc3ccc(OC(=O)N(C)C)cc3OC2=O)c1F. The fraction of sp³-hybridized carbons (Fsp3) is 0.318. The summed E-state index contributed by atoms with van der Waals surface area (Å²) in [5.41, 5.74) is 0.869. The molecule has 0 radical (unpaired) electrons. The van der Waals surface area contributed by atoms with Gasteiger partial charge in [-0.1, -0.05) is 12.1 Å². The van der Waals surface area contributed by atoms with Crippen molar-refractivity contribution < 1.29 is 33.0 Å². The third kappa shape index (κ3) is 6.10. The van der Waals surface area contributed by atoms with Gasteiger partial charge in [-0.2, -0.15) is 0 Å². The number of nitrogens with zero attached hydrogens (tertiary/aromatic N) is 2. The number of rotatable bonds is 7. The van der Waals surface area contributed by atoms with E-state index in [0.717, 1.165) is 0 Å². The van der Waals surface area contributed by atoms with Gasteiger partial charge in [-0.05, 0) is 18.2 Å². The van der Waals surface area contributed by atoms with Crippen LogP contribution in [-0.2, 0) is 17.8 Å². The highest BCUT2D eigenvalue weighted by Crippen LogP contribution is 2.31. The van der Waals surface area contributed by atoms with Crippen LogP contribution in [0.2, 0.25) is 0 Å². The van der Waals surface area contributed by atoms with Crippen LogP contribution in [0, 0.1) is 5.82 Å². The van der Waals surface area contributed by atoms with Crippen molar-refractivity contribution in [3.8, 4) is 11.5 Å². The summed E-state index contributed by atoms with van der Waals surface area (Å²) in [6.45, 7) is 0.708. The molecule has 1 aliphatic heterocycles. The van der Waals surface area contributed by atoms with E-state index in [1.807, 2.05) is 0 Å². The molecule has 0 spiro atoms. The summed E-state index contributed by atoms with van der Waals surface area (Å²) in [5, 5.41) is 4.98. The van der Waals surface area contributed by atoms with Gasteiger partial charge in [-0.3, -0.25) is 4.90 Å². The van der Waals surface area contributed by atoms with Crippen LogP contribution in [0.4, 0.5) is 24.5 Å². The zero-order valence-corrected chi connectivity index (χ0v) is 18.5. The Kier molecular flexibility index (Phi) is 7.67. The highest BCUT2D eigenvalue weighted by atomic mass is 19.1. The van der Waals surface area contributed by atoms with E-state index in [0.29, 0.717) is 12.2 Å². The molecule has 0 fully saturated rings. The summed E-state index contributed by atoms with van der Waals surface area (Å²) >= 11 is 0. The van der Waals surface area contributed by atoms with E-state index in [1.165, 1.54) is 35.1 Å². The van der Waals surface area contributed by atoms with Crippen LogP contribution in [-0.4, -0.2) is 62.4 Å². The zero-order chi connectivity index (χ0) is 24.0. The van der Waals surface area contributed by atoms with Crippen molar-refractivity contribution in [1.29, 1.82) is 0 Å². The van der Waals surface area contributed by atoms with Gasteiger partial charge in [0.05, 0.1) is 25.4 Å². The van der Waals surface area contributed by atoms with Crippen molar-refractivity contribution in [1.82, 2.24) is 15.1 Å². The fourth-order valence-electron chi connectivity index (χ4n) is 3.00. The molecule has 0 atom stereocenters. The molecule has 33 heavy (non-hydrogen) atoms. The molecule has 1 aliphatic rings. The summed E-state index contributed by atoms with van der Waals surface area (Å²) in [4.78, 5) is 38.7. The van der Waals surface area contributed by atoms with Gasteiger partial charge in [-0.15, -0.1) is 0 Å². The van der Waals surface area contributed by atoms with E-state index in [9.17, 15) is 18.8 Å². The molecule has 2 N–H and O–H groups in total. The summed E-state index contributed by atoms with van der Waals surface area (Å²) in [6.07, 6.45) is -1.23. The molecule has 0 aliphatic carbocycles. The third-order valence-electron chi connectivity index (χ3n) is 4.71. The van der Waals surface area contributed by atoms with Crippen LogP contribution in [0.15, 0.2) is 36.4 Å². The van der Waals surface area contributed by atoms with Crippen molar-refractivity contribution >= 4 is 23.9 Å². The molecule has 0 bridgehead atoms. The lowest BCUT2D eigenvalue weighted by molar-refractivity contribution is 0.134. The third-order valence-corrected chi connectivity index (χ3v) is 4.71. The number of hydrogen-bond acceptors (Lipinski definition) is 6. The standard InChI is InChI=1S/C22H25FN4O6/c1-26(2)21(29)32-16-8-7-14-12-27(22(30)33-18(14)11-16)13-15-5-4-6-17(19(15)23)25-20(28)24-9-10-31-3/h4-8,11H,9-10,12-13H2,1-3H3,(H2,24,25,28). The second-order valence-electron chi connectivity index (χ2n) is 7.41. The van der Waals surface area contributed by atoms with Crippen LogP contribution in [0.5, 0.6) is 11.5 Å². The normalized spacial score (nSPS) is 12.5. The number of urea groups is 1. The van der Waals surface area contributed by atoms with E-state index in [1.54, 1.807) is 32.3 Å². The van der Waals surface area contributed by atoms with Crippen molar-refractivity contribution in [2.24, 2.45) is 0 Å². The number of anilines is 1. The molecule has 2 aromatic carbocycles. The molecule has 10 nitrogen and oxygen atoms in total. The Balaban J connectivity index is 1.68. The summed E-state index contributed by atoms with van der Waals surface area (Å²) in [5.74, 6) is -0.143. The van der Waals surface area contributed by atoms with E-state index in [2.05, 4.69) is 10.6 Å². The Hall–Kier alpha value is -3.86. The number of halogens is 1.